The number of likely N-dealkylation sites (tertiary alicyclic amines) is 1. The summed E-state index contributed by atoms with van der Waals surface area (Å²) in [5.41, 5.74) is 1.13. The number of nitrogens with one attached hydrogen (secondary N) is 2. The number of piperidine rings is 1. The van der Waals surface area contributed by atoms with Crippen LogP contribution < -0.4 is 5.32 Å². The van der Waals surface area contributed by atoms with Crippen molar-refractivity contribution in [2.24, 2.45) is 11.3 Å². The summed E-state index contributed by atoms with van der Waals surface area (Å²) in [5, 5.41) is 3.18. The first kappa shape index (κ1) is 17.6. The van der Waals surface area contributed by atoms with E-state index in [1.165, 1.54) is 0 Å². The molecule has 2 N–H and O–H groups in total. The van der Waals surface area contributed by atoms with Gasteiger partial charge < -0.3 is 19.9 Å². The Hall–Kier alpha value is -1.82. The van der Waals surface area contributed by atoms with Crippen LogP contribution in [0.2, 0.25) is 0 Å². The van der Waals surface area contributed by atoms with E-state index >= 15 is 0 Å². The number of aromatic amines is 1. The molecule has 1 aromatic heterocycles. The van der Waals surface area contributed by atoms with E-state index in [-0.39, 0.29) is 23.3 Å². The van der Waals surface area contributed by atoms with E-state index in [2.05, 4.69) is 31.1 Å². The third-order valence-electron chi connectivity index (χ3n) is 6.11. The van der Waals surface area contributed by atoms with E-state index in [1.54, 1.807) is 0 Å². The van der Waals surface area contributed by atoms with Crippen LogP contribution in [-0.4, -0.2) is 53.0 Å². The number of hydrogen-bond donors (Lipinski definition) is 2. The number of aryl methyl sites for hydroxylation is 1. The summed E-state index contributed by atoms with van der Waals surface area (Å²) in [6.45, 7) is 8.34. The largest absolute Gasteiger partial charge is 0.365 e. The molecule has 6 heteroatoms. The fourth-order valence-corrected chi connectivity index (χ4v) is 4.79. The van der Waals surface area contributed by atoms with Crippen molar-refractivity contribution in [3.63, 3.8) is 0 Å². The lowest BCUT2D eigenvalue weighted by Crippen LogP contribution is -2.60. The molecule has 3 aliphatic heterocycles. The van der Waals surface area contributed by atoms with Gasteiger partial charge in [0.2, 0.25) is 0 Å². The molecule has 26 heavy (non-hydrogen) atoms. The number of hydrogen-bond acceptors (Lipinski definition) is 3. The molecule has 0 spiro atoms. The Balaban J connectivity index is 1.45. The zero-order valence-corrected chi connectivity index (χ0v) is 15.9. The van der Waals surface area contributed by atoms with Crippen molar-refractivity contribution in [1.29, 1.82) is 0 Å². The minimum absolute atomic E-state index is 0.00879. The summed E-state index contributed by atoms with van der Waals surface area (Å²) < 4.78 is 5.73. The van der Waals surface area contributed by atoms with Gasteiger partial charge in [0.05, 0.1) is 6.61 Å². The zero-order valence-electron chi connectivity index (χ0n) is 15.9. The Kier molecular flexibility index (Phi) is 4.14. The van der Waals surface area contributed by atoms with Gasteiger partial charge in [0, 0.05) is 25.3 Å². The molecule has 142 valence electrons. The molecule has 1 aromatic rings. The standard InChI is InChI=1S/C20H29N3O3/c1-4-13-5-16(21-9-13)17(24)23-10-15(8-19(2,3)12-23)22-18(25)20-6-14(7-20)11-26-20/h5,9,14-15,21H,4,6-8,10-12H2,1-3H3,(H,22,25). The van der Waals surface area contributed by atoms with Gasteiger partial charge in [-0.1, -0.05) is 20.8 Å². The predicted molar refractivity (Wildman–Crippen MR) is 97.8 cm³/mol. The lowest BCUT2D eigenvalue weighted by molar-refractivity contribution is -0.144. The second-order valence-electron chi connectivity index (χ2n) is 9.08. The molecular formula is C20H29N3O3. The molecule has 1 atom stereocenters. The van der Waals surface area contributed by atoms with Crippen molar-refractivity contribution >= 4 is 11.8 Å². The van der Waals surface area contributed by atoms with Gasteiger partial charge in [-0.3, -0.25) is 9.59 Å². The zero-order chi connectivity index (χ0) is 18.5. The van der Waals surface area contributed by atoms with E-state index in [4.69, 9.17) is 4.74 Å². The fourth-order valence-electron chi connectivity index (χ4n) is 4.79. The lowest BCUT2D eigenvalue weighted by Gasteiger charge is -2.44. The minimum atomic E-state index is -0.587. The summed E-state index contributed by atoms with van der Waals surface area (Å²) in [4.78, 5) is 30.6. The van der Waals surface area contributed by atoms with E-state index in [1.807, 2.05) is 17.2 Å². The lowest BCUT2D eigenvalue weighted by atomic mass is 9.73. The highest BCUT2D eigenvalue weighted by Crippen LogP contribution is 2.48. The average Bonchev–Trinajstić information content (AvgIpc) is 3.27. The molecule has 0 aromatic carbocycles. The molecule has 4 heterocycles. The number of aromatic nitrogens is 1. The van der Waals surface area contributed by atoms with E-state index in [0.717, 1.165) is 31.2 Å². The number of carbonyl (C=O) groups is 2. The van der Waals surface area contributed by atoms with Crippen LogP contribution in [0.3, 0.4) is 0 Å². The Bertz CT molecular complexity index is 712. The fraction of sp³-hybridized carbons (Fsp3) is 0.700. The second-order valence-corrected chi connectivity index (χ2v) is 9.08. The molecule has 0 radical (unpaired) electrons. The maximum atomic E-state index is 12.9. The number of H-pyrrole nitrogens is 1. The average molecular weight is 359 g/mol. The highest BCUT2D eigenvalue weighted by molar-refractivity contribution is 5.93. The Morgan fingerprint density at radius 1 is 1.35 bits per heavy atom. The molecule has 6 nitrogen and oxygen atoms in total. The van der Waals surface area contributed by atoms with Crippen LogP contribution >= 0.6 is 0 Å². The molecule has 3 saturated heterocycles. The van der Waals surface area contributed by atoms with Gasteiger partial charge in [-0.2, -0.15) is 0 Å². The van der Waals surface area contributed by atoms with E-state index < -0.39 is 5.60 Å². The van der Waals surface area contributed by atoms with Crippen molar-refractivity contribution < 1.29 is 14.3 Å². The maximum Gasteiger partial charge on any atom is 0.270 e. The smallest absolute Gasteiger partial charge is 0.270 e. The summed E-state index contributed by atoms with van der Waals surface area (Å²) in [6, 6.07) is 1.89. The maximum absolute atomic E-state index is 12.9. The number of amides is 2. The molecule has 4 aliphatic rings. The summed E-state index contributed by atoms with van der Waals surface area (Å²) in [5.74, 6) is 0.576. The van der Waals surface area contributed by atoms with Crippen LogP contribution in [0, 0.1) is 11.3 Å². The van der Waals surface area contributed by atoms with Crippen LogP contribution in [0.5, 0.6) is 0 Å². The van der Waals surface area contributed by atoms with E-state index in [9.17, 15) is 9.59 Å². The normalized spacial score (nSPS) is 32.2. The molecule has 1 unspecified atom stereocenters. The van der Waals surface area contributed by atoms with Crippen molar-refractivity contribution in [2.45, 2.75) is 58.1 Å². The van der Waals surface area contributed by atoms with Gasteiger partial charge in [0.1, 0.15) is 11.3 Å². The third kappa shape index (κ3) is 3.04. The van der Waals surface area contributed by atoms with Crippen molar-refractivity contribution in [2.75, 3.05) is 19.7 Å². The highest BCUT2D eigenvalue weighted by atomic mass is 16.5. The van der Waals surface area contributed by atoms with Crippen LogP contribution in [0.15, 0.2) is 12.3 Å². The molecular weight excluding hydrogens is 330 g/mol. The quantitative estimate of drug-likeness (QED) is 0.865. The topological polar surface area (TPSA) is 74.4 Å². The SMILES string of the molecule is CCc1c[nH]c(C(=O)N2CC(NC(=O)C34CC(CO3)C4)CC(C)(C)C2)c1. The number of rotatable bonds is 4. The van der Waals surface area contributed by atoms with Gasteiger partial charge in [-0.25, -0.2) is 0 Å². The highest BCUT2D eigenvalue weighted by Gasteiger charge is 2.57. The molecule has 4 fully saturated rings. The van der Waals surface area contributed by atoms with Crippen molar-refractivity contribution in [3.8, 4) is 0 Å². The minimum Gasteiger partial charge on any atom is -0.365 e. The molecule has 2 amide bonds. The molecule has 1 aliphatic carbocycles. The first-order valence-electron chi connectivity index (χ1n) is 9.72. The first-order valence-corrected chi connectivity index (χ1v) is 9.72. The van der Waals surface area contributed by atoms with Gasteiger partial charge in [-0.05, 0) is 48.6 Å². The van der Waals surface area contributed by atoms with Crippen LogP contribution in [0.25, 0.3) is 0 Å². The summed E-state index contributed by atoms with van der Waals surface area (Å²) >= 11 is 0. The Morgan fingerprint density at radius 2 is 2.12 bits per heavy atom. The molecule has 1 saturated carbocycles. The third-order valence-corrected chi connectivity index (χ3v) is 6.11. The van der Waals surface area contributed by atoms with Crippen molar-refractivity contribution in [1.82, 2.24) is 15.2 Å². The summed E-state index contributed by atoms with van der Waals surface area (Å²) in [7, 11) is 0. The van der Waals surface area contributed by atoms with Crippen LogP contribution in [-0.2, 0) is 16.0 Å². The van der Waals surface area contributed by atoms with E-state index in [0.29, 0.717) is 31.3 Å². The second kappa shape index (κ2) is 6.12. The first-order chi connectivity index (χ1) is 12.3. The van der Waals surface area contributed by atoms with Crippen LogP contribution in [0.1, 0.15) is 56.1 Å². The van der Waals surface area contributed by atoms with Gasteiger partial charge in [-0.15, -0.1) is 0 Å². The Morgan fingerprint density at radius 3 is 2.73 bits per heavy atom. The molecule has 5 rings (SSSR count). The van der Waals surface area contributed by atoms with Gasteiger partial charge in [0.25, 0.3) is 11.8 Å². The summed E-state index contributed by atoms with van der Waals surface area (Å²) in [6.07, 6.45) is 5.36. The van der Waals surface area contributed by atoms with Crippen LogP contribution in [0.4, 0.5) is 0 Å². The number of ether oxygens (including phenoxy) is 1. The number of fused-ring (bicyclic) bond motifs is 1. The van der Waals surface area contributed by atoms with Gasteiger partial charge >= 0.3 is 0 Å². The monoisotopic (exact) mass is 359 g/mol. The number of nitrogens with zero attached hydrogens (tertiary/aromatic N) is 1. The number of carbonyl (C=O) groups excluding carboxylic acids is 2. The Labute approximate surface area is 154 Å². The predicted octanol–water partition coefficient (Wildman–Crippen LogP) is 2.11. The molecule has 2 bridgehead atoms. The van der Waals surface area contributed by atoms with Gasteiger partial charge in [0.15, 0.2) is 0 Å². The van der Waals surface area contributed by atoms with Crippen molar-refractivity contribution in [3.05, 3.63) is 23.5 Å².